The van der Waals surface area contributed by atoms with Gasteiger partial charge in [-0.05, 0) is 52.9 Å². The van der Waals surface area contributed by atoms with Gasteiger partial charge in [-0.3, -0.25) is 0 Å². The Hall–Kier alpha value is -0.810. The molecular formula is C18H34N2O3. The normalized spacial score (nSPS) is 28.0. The first-order valence-corrected chi connectivity index (χ1v) is 9.13. The van der Waals surface area contributed by atoms with Crippen LogP contribution < -0.4 is 5.73 Å². The molecule has 2 fully saturated rings. The average Bonchev–Trinajstić information content (AvgIpc) is 2.89. The van der Waals surface area contributed by atoms with Crippen molar-refractivity contribution in [1.82, 2.24) is 4.90 Å². The van der Waals surface area contributed by atoms with Gasteiger partial charge in [0.05, 0.1) is 18.8 Å². The molecule has 1 amide bonds. The Labute approximate surface area is 140 Å². The largest absolute Gasteiger partial charge is 0.444 e. The molecule has 0 bridgehead atoms. The van der Waals surface area contributed by atoms with Gasteiger partial charge >= 0.3 is 6.09 Å². The predicted octanol–water partition coefficient (Wildman–Crippen LogP) is 3.31. The Morgan fingerprint density at radius 3 is 2.48 bits per heavy atom. The minimum absolute atomic E-state index is 0.0830. The molecule has 134 valence electrons. The van der Waals surface area contributed by atoms with Crippen LogP contribution in [0.4, 0.5) is 4.79 Å². The van der Waals surface area contributed by atoms with Crippen LogP contribution in [0.25, 0.3) is 0 Å². The molecule has 1 unspecified atom stereocenters. The molecule has 5 nitrogen and oxygen atoms in total. The molecule has 5 heteroatoms. The number of amides is 1. The quantitative estimate of drug-likeness (QED) is 0.861. The van der Waals surface area contributed by atoms with E-state index in [0.717, 1.165) is 19.3 Å². The molecule has 0 spiro atoms. The molecule has 3 atom stereocenters. The number of nitrogens with two attached hydrogens (primary N) is 1. The second kappa shape index (κ2) is 7.84. The lowest BCUT2D eigenvalue weighted by Crippen LogP contribution is -2.42. The SMILES string of the molecule is CC(N)[C@H]1C[C@@H](COC2CCCCC2)N(C(=O)OC(C)(C)C)C1. The number of ether oxygens (including phenoxy) is 2. The summed E-state index contributed by atoms with van der Waals surface area (Å²) in [7, 11) is 0. The van der Waals surface area contributed by atoms with E-state index in [1.54, 1.807) is 0 Å². The van der Waals surface area contributed by atoms with Crippen LogP contribution in [0.15, 0.2) is 0 Å². The number of hydrogen-bond acceptors (Lipinski definition) is 4. The van der Waals surface area contributed by atoms with E-state index in [0.29, 0.717) is 25.2 Å². The van der Waals surface area contributed by atoms with Crippen LogP contribution in [0.1, 0.15) is 66.2 Å². The Morgan fingerprint density at radius 2 is 1.91 bits per heavy atom. The van der Waals surface area contributed by atoms with Crippen molar-refractivity contribution in [2.24, 2.45) is 11.7 Å². The van der Waals surface area contributed by atoms with Gasteiger partial charge in [-0.2, -0.15) is 0 Å². The van der Waals surface area contributed by atoms with E-state index in [9.17, 15) is 4.79 Å². The maximum absolute atomic E-state index is 12.5. The third-order valence-corrected chi connectivity index (χ3v) is 4.89. The third-order valence-electron chi connectivity index (χ3n) is 4.89. The zero-order chi connectivity index (χ0) is 17.0. The summed E-state index contributed by atoms with van der Waals surface area (Å²) in [5.74, 6) is 0.322. The van der Waals surface area contributed by atoms with Crippen molar-refractivity contribution >= 4 is 6.09 Å². The van der Waals surface area contributed by atoms with Crippen LogP contribution in [0, 0.1) is 5.92 Å². The van der Waals surface area contributed by atoms with E-state index >= 15 is 0 Å². The monoisotopic (exact) mass is 326 g/mol. The summed E-state index contributed by atoms with van der Waals surface area (Å²) >= 11 is 0. The van der Waals surface area contributed by atoms with Gasteiger partial charge in [0.1, 0.15) is 5.60 Å². The molecule has 1 saturated heterocycles. The van der Waals surface area contributed by atoms with Crippen molar-refractivity contribution in [2.45, 2.75) is 90.0 Å². The first-order chi connectivity index (χ1) is 10.8. The van der Waals surface area contributed by atoms with E-state index < -0.39 is 5.60 Å². The summed E-state index contributed by atoms with van der Waals surface area (Å²) in [5.41, 5.74) is 5.59. The Morgan fingerprint density at radius 1 is 1.26 bits per heavy atom. The lowest BCUT2D eigenvalue weighted by Gasteiger charge is -2.30. The minimum atomic E-state index is -0.474. The topological polar surface area (TPSA) is 64.8 Å². The van der Waals surface area contributed by atoms with Gasteiger partial charge in [-0.1, -0.05) is 19.3 Å². The van der Waals surface area contributed by atoms with Gasteiger partial charge in [0.25, 0.3) is 0 Å². The van der Waals surface area contributed by atoms with E-state index in [-0.39, 0.29) is 18.2 Å². The molecule has 0 aromatic heterocycles. The van der Waals surface area contributed by atoms with Gasteiger partial charge in [0.15, 0.2) is 0 Å². The lowest BCUT2D eigenvalue weighted by atomic mass is 9.97. The molecule has 1 aliphatic heterocycles. The van der Waals surface area contributed by atoms with Crippen LogP contribution in [0.5, 0.6) is 0 Å². The van der Waals surface area contributed by atoms with Crippen LogP contribution in [-0.4, -0.2) is 47.9 Å². The number of nitrogens with zero attached hydrogens (tertiary/aromatic N) is 1. The van der Waals surface area contributed by atoms with Crippen molar-refractivity contribution in [1.29, 1.82) is 0 Å². The van der Waals surface area contributed by atoms with Crippen molar-refractivity contribution in [3.8, 4) is 0 Å². The highest BCUT2D eigenvalue weighted by molar-refractivity contribution is 5.69. The fourth-order valence-corrected chi connectivity index (χ4v) is 3.52. The third kappa shape index (κ3) is 5.64. The zero-order valence-corrected chi connectivity index (χ0v) is 15.2. The van der Waals surface area contributed by atoms with Crippen LogP contribution in [-0.2, 0) is 9.47 Å². The van der Waals surface area contributed by atoms with E-state index in [2.05, 4.69) is 0 Å². The first-order valence-electron chi connectivity index (χ1n) is 9.13. The fourth-order valence-electron chi connectivity index (χ4n) is 3.52. The highest BCUT2D eigenvalue weighted by Gasteiger charge is 2.39. The van der Waals surface area contributed by atoms with Gasteiger partial charge in [0.2, 0.25) is 0 Å². The molecule has 1 saturated carbocycles. The van der Waals surface area contributed by atoms with Gasteiger partial charge in [-0.25, -0.2) is 4.79 Å². The molecule has 1 heterocycles. The van der Waals surface area contributed by atoms with Crippen molar-refractivity contribution in [3.05, 3.63) is 0 Å². The number of hydrogen-bond donors (Lipinski definition) is 1. The van der Waals surface area contributed by atoms with Crippen molar-refractivity contribution in [2.75, 3.05) is 13.2 Å². The second-order valence-electron chi connectivity index (χ2n) is 8.23. The molecule has 1 aliphatic carbocycles. The average molecular weight is 326 g/mol. The van der Waals surface area contributed by atoms with Crippen molar-refractivity contribution < 1.29 is 14.3 Å². The molecule has 23 heavy (non-hydrogen) atoms. The highest BCUT2D eigenvalue weighted by atomic mass is 16.6. The number of rotatable bonds is 4. The van der Waals surface area contributed by atoms with E-state index in [1.165, 1.54) is 19.3 Å². The highest BCUT2D eigenvalue weighted by Crippen LogP contribution is 2.29. The molecular weight excluding hydrogens is 292 g/mol. The van der Waals surface area contributed by atoms with E-state index in [1.807, 2.05) is 32.6 Å². The fraction of sp³-hybridized carbons (Fsp3) is 0.944. The van der Waals surface area contributed by atoms with E-state index in [4.69, 9.17) is 15.2 Å². The maximum atomic E-state index is 12.5. The summed E-state index contributed by atoms with van der Waals surface area (Å²) in [6, 6.07) is 0.169. The minimum Gasteiger partial charge on any atom is -0.444 e. The maximum Gasteiger partial charge on any atom is 0.410 e. The number of likely N-dealkylation sites (tertiary alicyclic amines) is 1. The molecule has 2 N–H and O–H groups in total. The molecule has 2 rings (SSSR count). The Bertz CT molecular complexity index is 386. The summed E-state index contributed by atoms with van der Waals surface area (Å²) < 4.78 is 11.7. The van der Waals surface area contributed by atoms with Gasteiger partial charge < -0.3 is 20.1 Å². The predicted molar refractivity (Wildman–Crippen MR) is 91.3 cm³/mol. The van der Waals surface area contributed by atoms with Crippen LogP contribution in [0.2, 0.25) is 0 Å². The molecule has 0 radical (unpaired) electrons. The van der Waals surface area contributed by atoms with Gasteiger partial charge in [-0.15, -0.1) is 0 Å². The summed E-state index contributed by atoms with van der Waals surface area (Å²) in [5, 5.41) is 0. The molecule has 2 aliphatic rings. The summed E-state index contributed by atoms with van der Waals surface area (Å²) in [6.45, 7) is 8.99. The first kappa shape index (κ1) is 18.5. The van der Waals surface area contributed by atoms with Gasteiger partial charge in [0, 0.05) is 12.6 Å². The zero-order valence-electron chi connectivity index (χ0n) is 15.2. The number of carbonyl (C=O) groups excluding carboxylic acids is 1. The van der Waals surface area contributed by atoms with Crippen LogP contribution >= 0.6 is 0 Å². The summed E-state index contributed by atoms with van der Waals surface area (Å²) in [4.78, 5) is 14.3. The molecule has 0 aromatic carbocycles. The number of carbonyl (C=O) groups is 1. The Kier molecular flexibility index (Phi) is 6.32. The van der Waals surface area contributed by atoms with Crippen molar-refractivity contribution in [3.63, 3.8) is 0 Å². The Balaban J connectivity index is 1.93. The lowest BCUT2D eigenvalue weighted by molar-refractivity contribution is -0.0144. The van der Waals surface area contributed by atoms with Crippen LogP contribution in [0.3, 0.4) is 0 Å². The smallest absolute Gasteiger partial charge is 0.410 e. The standard InChI is InChI=1S/C18H34N2O3/c1-13(19)14-10-15(12-22-16-8-6-5-7-9-16)20(11-14)17(21)23-18(2,3)4/h13-16H,5-12,19H2,1-4H3/t13?,14-,15-/m0/s1. The second-order valence-corrected chi connectivity index (χ2v) is 8.23. The molecule has 0 aromatic rings. The summed E-state index contributed by atoms with van der Waals surface area (Å²) in [6.07, 6.45) is 7.16.